The molecule has 2 aromatic heterocycles. The molecule has 0 bridgehead atoms. The number of amides is 1. The summed E-state index contributed by atoms with van der Waals surface area (Å²) in [5.74, 6) is -0.712. The van der Waals surface area contributed by atoms with Crippen molar-refractivity contribution in [2.45, 2.75) is 20.4 Å². The van der Waals surface area contributed by atoms with Crippen LogP contribution in [0.2, 0.25) is 0 Å². The van der Waals surface area contributed by atoms with Gasteiger partial charge in [-0.3, -0.25) is 9.59 Å². The number of benzene rings is 2. The molecule has 28 heavy (non-hydrogen) atoms. The first-order chi connectivity index (χ1) is 13.5. The average Bonchev–Trinajstić information content (AvgIpc) is 3.16. The minimum atomic E-state index is -0.369. The molecule has 1 amide bonds. The van der Waals surface area contributed by atoms with Crippen LogP contribution in [0.1, 0.15) is 24.3 Å². The number of carbonyl (C=O) groups is 1. The molecule has 0 spiro atoms. The van der Waals surface area contributed by atoms with Gasteiger partial charge >= 0.3 is 0 Å². The van der Waals surface area contributed by atoms with Gasteiger partial charge in [0, 0.05) is 24.8 Å². The molecular weight excluding hydrogens is 359 g/mol. The van der Waals surface area contributed by atoms with E-state index in [0.717, 1.165) is 11.0 Å². The highest BCUT2D eigenvalue weighted by atomic mass is 19.1. The molecule has 0 unspecified atom stereocenters. The zero-order valence-electron chi connectivity index (χ0n) is 15.6. The van der Waals surface area contributed by atoms with E-state index < -0.39 is 0 Å². The minimum Gasteiger partial charge on any atom is -0.307 e. The lowest BCUT2D eigenvalue weighted by Gasteiger charge is -2.19. The fraction of sp³-hybridized carbons (Fsp3) is 0.190. The fourth-order valence-corrected chi connectivity index (χ4v) is 3.46. The highest BCUT2D eigenvalue weighted by Crippen LogP contribution is 2.19. The summed E-state index contributed by atoms with van der Waals surface area (Å²) in [6, 6.07) is 14.7. The smallest absolute Gasteiger partial charge is 0.278 e. The first-order valence-electron chi connectivity index (χ1n) is 9.14. The summed E-state index contributed by atoms with van der Waals surface area (Å²) in [6.07, 6.45) is 0. The molecule has 4 rings (SSSR count). The highest BCUT2D eigenvalue weighted by molar-refractivity contribution is 6.05. The van der Waals surface area contributed by atoms with Gasteiger partial charge in [-0.25, -0.2) is 8.91 Å². The molecule has 0 aliphatic heterocycles. The Morgan fingerprint density at radius 2 is 1.71 bits per heavy atom. The van der Waals surface area contributed by atoms with Gasteiger partial charge in [-0.05, 0) is 50.2 Å². The van der Waals surface area contributed by atoms with Crippen molar-refractivity contribution in [3.8, 4) is 0 Å². The maximum atomic E-state index is 13.2. The summed E-state index contributed by atoms with van der Waals surface area (Å²) >= 11 is 0. The van der Waals surface area contributed by atoms with Crippen LogP contribution in [0.25, 0.3) is 16.6 Å². The Hall–Kier alpha value is -3.48. The van der Waals surface area contributed by atoms with Gasteiger partial charge in [0.1, 0.15) is 11.3 Å². The maximum Gasteiger partial charge on any atom is 0.278 e. The van der Waals surface area contributed by atoms with Crippen LogP contribution >= 0.6 is 0 Å². The van der Waals surface area contributed by atoms with Crippen LogP contribution in [0.5, 0.6) is 0 Å². The number of fused-ring (bicyclic) bond motifs is 3. The van der Waals surface area contributed by atoms with Crippen molar-refractivity contribution in [2.75, 3.05) is 11.4 Å². The maximum absolute atomic E-state index is 13.2. The fourth-order valence-electron chi connectivity index (χ4n) is 3.46. The minimum absolute atomic E-state index is 0.169. The molecule has 0 N–H and O–H groups in total. The Kier molecular flexibility index (Phi) is 4.43. The van der Waals surface area contributed by atoms with E-state index in [0.29, 0.717) is 24.3 Å². The third-order valence-corrected chi connectivity index (χ3v) is 4.81. The molecule has 0 aliphatic carbocycles. The number of carbonyl (C=O) groups excluding carboxylic acids is 1. The molecule has 0 saturated heterocycles. The van der Waals surface area contributed by atoms with Gasteiger partial charge in [-0.15, -0.1) is 0 Å². The second-order valence-corrected chi connectivity index (χ2v) is 6.39. The van der Waals surface area contributed by atoms with Crippen LogP contribution in [0.3, 0.4) is 0 Å². The number of rotatable bonds is 4. The van der Waals surface area contributed by atoms with Crippen LogP contribution in [0.4, 0.5) is 10.1 Å². The third-order valence-electron chi connectivity index (χ3n) is 4.81. The number of aromatic nitrogens is 3. The Morgan fingerprint density at radius 1 is 1.04 bits per heavy atom. The van der Waals surface area contributed by atoms with Crippen molar-refractivity contribution in [3.05, 3.63) is 76.5 Å². The van der Waals surface area contributed by atoms with E-state index >= 15 is 0 Å². The van der Waals surface area contributed by atoms with Gasteiger partial charge in [0.15, 0.2) is 5.69 Å². The molecule has 0 saturated carbocycles. The highest BCUT2D eigenvalue weighted by Gasteiger charge is 2.21. The van der Waals surface area contributed by atoms with Crippen molar-refractivity contribution in [2.24, 2.45) is 0 Å². The molecule has 4 aromatic rings. The number of aryl methyl sites for hydroxylation is 1. The zero-order valence-corrected chi connectivity index (χ0v) is 15.6. The topological polar surface area (TPSA) is 59.6 Å². The van der Waals surface area contributed by atoms with Gasteiger partial charge in [0.2, 0.25) is 0 Å². The van der Waals surface area contributed by atoms with E-state index in [-0.39, 0.29) is 23.0 Å². The average molecular weight is 378 g/mol. The molecule has 2 aromatic carbocycles. The van der Waals surface area contributed by atoms with E-state index in [1.807, 2.05) is 38.1 Å². The summed E-state index contributed by atoms with van der Waals surface area (Å²) in [4.78, 5) is 27.5. The number of anilines is 1. The summed E-state index contributed by atoms with van der Waals surface area (Å²) in [5, 5.41) is 4.43. The van der Waals surface area contributed by atoms with Crippen molar-refractivity contribution >= 4 is 28.1 Å². The van der Waals surface area contributed by atoms with E-state index in [9.17, 15) is 14.0 Å². The number of nitrogens with zero attached hydrogens (tertiary/aromatic N) is 4. The van der Waals surface area contributed by atoms with Gasteiger partial charge in [0.05, 0.1) is 11.0 Å². The van der Waals surface area contributed by atoms with Crippen molar-refractivity contribution in [1.29, 1.82) is 0 Å². The van der Waals surface area contributed by atoms with Crippen LogP contribution in [-0.2, 0) is 6.54 Å². The molecule has 0 radical (unpaired) electrons. The van der Waals surface area contributed by atoms with Gasteiger partial charge in [0.25, 0.3) is 11.5 Å². The van der Waals surface area contributed by atoms with Crippen LogP contribution in [0, 0.1) is 5.82 Å². The van der Waals surface area contributed by atoms with Gasteiger partial charge in [-0.2, -0.15) is 5.10 Å². The normalized spacial score (nSPS) is 11.2. The summed E-state index contributed by atoms with van der Waals surface area (Å²) in [7, 11) is 0. The third kappa shape index (κ3) is 2.76. The summed E-state index contributed by atoms with van der Waals surface area (Å²) < 4.78 is 16.4. The Labute approximate surface area is 160 Å². The number of halogens is 1. The molecule has 0 aliphatic rings. The number of hydrogen-bond donors (Lipinski definition) is 0. The lowest BCUT2D eigenvalue weighted by Crippen LogP contribution is -2.31. The second kappa shape index (κ2) is 6.92. The number of para-hydroxylation sites is 2. The first-order valence-corrected chi connectivity index (χ1v) is 9.14. The van der Waals surface area contributed by atoms with Crippen molar-refractivity contribution in [3.63, 3.8) is 0 Å². The largest absolute Gasteiger partial charge is 0.307 e. The molecule has 7 heteroatoms. The second-order valence-electron chi connectivity index (χ2n) is 6.39. The van der Waals surface area contributed by atoms with E-state index in [4.69, 9.17) is 0 Å². The van der Waals surface area contributed by atoms with E-state index in [1.165, 1.54) is 27.6 Å². The SMILES string of the molecule is CCN(C(=O)c1cc2c(=O)n(CC)c3ccccc3n2n1)c1ccc(F)cc1. The summed E-state index contributed by atoms with van der Waals surface area (Å²) in [6.45, 7) is 4.63. The standard InChI is InChI=1S/C21H19FN4O2/c1-3-24(15-11-9-14(22)10-12-15)20(27)16-13-19-21(28)25(4-2)17-7-5-6-8-18(17)26(19)23-16/h5-13H,3-4H2,1-2H3. The van der Waals surface area contributed by atoms with E-state index in [1.54, 1.807) is 16.7 Å². The van der Waals surface area contributed by atoms with Gasteiger partial charge in [-0.1, -0.05) is 12.1 Å². The molecule has 142 valence electrons. The molecule has 0 atom stereocenters. The lowest BCUT2D eigenvalue weighted by atomic mass is 10.2. The lowest BCUT2D eigenvalue weighted by molar-refractivity contribution is 0.0983. The molecular formula is C21H19FN4O2. The van der Waals surface area contributed by atoms with Crippen molar-refractivity contribution in [1.82, 2.24) is 14.2 Å². The predicted octanol–water partition coefficient (Wildman–Crippen LogP) is 3.47. The first kappa shape index (κ1) is 17.9. The molecule has 6 nitrogen and oxygen atoms in total. The van der Waals surface area contributed by atoms with E-state index in [2.05, 4.69) is 5.10 Å². The van der Waals surface area contributed by atoms with Crippen LogP contribution in [-0.4, -0.2) is 26.6 Å². The van der Waals surface area contributed by atoms with Gasteiger partial charge < -0.3 is 9.47 Å². The summed E-state index contributed by atoms with van der Waals surface area (Å²) in [5.41, 5.74) is 2.40. The van der Waals surface area contributed by atoms with Crippen molar-refractivity contribution < 1.29 is 9.18 Å². The molecule has 0 fully saturated rings. The Morgan fingerprint density at radius 3 is 2.36 bits per heavy atom. The number of hydrogen-bond acceptors (Lipinski definition) is 3. The zero-order chi connectivity index (χ0) is 19.8. The quantitative estimate of drug-likeness (QED) is 0.546. The Balaban J connectivity index is 1.88. The molecule has 2 heterocycles. The Bertz CT molecular complexity index is 1240. The monoisotopic (exact) mass is 378 g/mol. The van der Waals surface area contributed by atoms with Crippen LogP contribution < -0.4 is 10.5 Å². The van der Waals surface area contributed by atoms with Crippen LogP contribution in [0.15, 0.2) is 59.4 Å². The predicted molar refractivity (Wildman–Crippen MR) is 106 cm³/mol.